The van der Waals surface area contributed by atoms with E-state index in [0.717, 1.165) is 17.0 Å². The summed E-state index contributed by atoms with van der Waals surface area (Å²) in [5.41, 5.74) is 1.76. The number of amides is 1. The van der Waals surface area contributed by atoms with Crippen LogP contribution < -0.4 is 5.32 Å². The van der Waals surface area contributed by atoms with Gasteiger partial charge in [0.1, 0.15) is 6.10 Å². The Morgan fingerprint density at radius 2 is 2.20 bits per heavy atom. The van der Waals surface area contributed by atoms with Gasteiger partial charge in [0.05, 0.1) is 6.42 Å². The summed E-state index contributed by atoms with van der Waals surface area (Å²) in [6, 6.07) is 7.50. The average molecular weight is 297 g/mol. The average Bonchev–Trinajstić information content (AvgIpc) is 2.43. The molecule has 0 heterocycles. The maximum atomic E-state index is 11.7. The normalized spacial score (nSPS) is 11.9. The Labute approximate surface area is 122 Å². The molecular formula is C14H19NO4S. The Kier molecular flexibility index (Phi) is 7.11. The molecule has 0 aromatic heterocycles. The smallest absolute Gasteiger partial charge is 0.304 e. The first kappa shape index (κ1) is 16.5. The highest BCUT2D eigenvalue weighted by molar-refractivity contribution is 7.98. The van der Waals surface area contributed by atoms with Gasteiger partial charge in [0.25, 0.3) is 5.91 Å². The summed E-state index contributed by atoms with van der Waals surface area (Å²) in [6.07, 6.45) is -0.337. The minimum Gasteiger partial charge on any atom is -0.481 e. The Hall–Kier alpha value is -1.53. The lowest BCUT2D eigenvalue weighted by Crippen LogP contribution is -2.26. The second kappa shape index (κ2) is 8.60. The van der Waals surface area contributed by atoms with E-state index in [2.05, 4.69) is 5.32 Å². The molecule has 0 bridgehead atoms. The van der Waals surface area contributed by atoms with Gasteiger partial charge in [-0.05, 0) is 24.6 Å². The maximum Gasteiger partial charge on any atom is 0.304 e. The first-order chi connectivity index (χ1) is 9.52. The molecule has 1 amide bonds. The SMILES string of the molecule is COC(C)C(=O)Nc1cccc(CSCCC(=O)O)c1. The molecule has 1 aromatic rings. The lowest BCUT2D eigenvalue weighted by Gasteiger charge is -2.11. The molecule has 1 unspecified atom stereocenters. The fraction of sp³-hybridized carbons (Fsp3) is 0.429. The number of hydrogen-bond acceptors (Lipinski definition) is 4. The zero-order chi connectivity index (χ0) is 15.0. The molecule has 2 N–H and O–H groups in total. The standard InChI is InChI=1S/C14H19NO4S/c1-10(19-2)14(18)15-12-5-3-4-11(8-12)9-20-7-6-13(16)17/h3-5,8,10H,6-7,9H2,1-2H3,(H,15,18)(H,16,17). The second-order valence-corrected chi connectivity index (χ2v) is 5.37. The summed E-state index contributed by atoms with van der Waals surface area (Å²) in [5.74, 6) is 0.318. The number of carbonyl (C=O) groups excluding carboxylic acids is 1. The number of hydrogen-bond donors (Lipinski definition) is 2. The third kappa shape index (κ3) is 6.08. The molecule has 0 radical (unpaired) electrons. The van der Waals surface area contributed by atoms with E-state index in [1.165, 1.54) is 7.11 Å². The quantitative estimate of drug-likeness (QED) is 0.720. The third-order valence-corrected chi connectivity index (χ3v) is 3.68. The topological polar surface area (TPSA) is 75.6 Å². The van der Waals surface area contributed by atoms with Crippen LogP contribution in [-0.2, 0) is 20.1 Å². The first-order valence-corrected chi connectivity index (χ1v) is 7.40. The zero-order valence-electron chi connectivity index (χ0n) is 11.6. The maximum absolute atomic E-state index is 11.7. The van der Waals surface area contributed by atoms with Crippen molar-refractivity contribution in [3.63, 3.8) is 0 Å². The fourth-order valence-corrected chi connectivity index (χ4v) is 2.32. The van der Waals surface area contributed by atoms with E-state index in [4.69, 9.17) is 9.84 Å². The van der Waals surface area contributed by atoms with E-state index < -0.39 is 12.1 Å². The molecule has 0 fully saturated rings. The van der Waals surface area contributed by atoms with Crippen LogP contribution in [0.1, 0.15) is 18.9 Å². The Bertz CT molecular complexity index is 464. The number of carbonyl (C=O) groups is 2. The predicted molar refractivity (Wildman–Crippen MR) is 80.0 cm³/mol. The van der Waals surface area contributed by atoms with E-state index in [9.17, 15) is 9.59 Å². The van der Waals surface area contributed by atoms with Crippen molar-refractivity contribution in [2.45, 2.75) is 25.2 Å². The van der Waals surface area contributed by atoms with Gasteiger partial charge >= 0.3 is 5.97 Å². The molecule has 20 heavy (non-hydrogen) atoms. The van der Waals surface area contributed by atoms with Gasteiger partial charge in [-0.25, -0.2) is 0 Å². The Morgan fingerprint density at radius 1 is 1.45 bits per heavy atom. The number of carboxylic acid groups (broad SMARTS) is 1. The van der Waals surface area contributed by atoms with Gasteiger partial charge in [0, 0.05) is 24.3 Å². The summed E-state index contributed by atoms with van der Waals surface area (Å²) < 4.78 is 4.94. The number of carboxylic acids is 1. The molecule has 6 heteroatoms. The van der Waals surface area contributed by atoms with Gasteiger partial charge in [-0.3, -0.25) is 9.59 Å². The van der Waals surface area contributed by atoms with Gasteiger partial charge in [0.15, 0.2) is 0 Å². The highest BCUT2D eigenvalue weighted by Crippen LogP contribution is 2.17. The molecule has 110 valence electrons. The van der Waals surface area contributed by atoms with Crippen molar-refractivity contribution in [1.29, 1.82) is 0 Å². The van der Waals surface area contributed by atoms with E-state index in [1.807, 2.05) is 24.3 Å². The van der Waals surface area contributed by atoms with Crippen LogP contribution in [0.25, 0.3) is 0 Å². The molecule has 0 saturated heterocycles. The van der Waals surface area contributed by atoms with Crippen LogP contribution >= 0.6 is 11.8 Å². The summed E-state index contributed by atoms with van der Waals surface area (Å²) in [4.78, 5) is 22.1. The van der Waals surface area contributed by atoms with Crippen LogP contribution in [0.2, 0.25) is 0 Å². The van der Waals surface area contributed by atoms with Crippen LogP contribution in [0.15, 0.2) is 24.3 Å². The van der Waals surface area contributed by atoms with E-state index in [1.54, 1.807) is 18.7 Å². The molecule has 0 aliphatic heterocycles. The molecule has 1 atom stereocenters. The van der Waals surface area contributed by atoms with E-state index in [-0.39, 0.29) is 12.3 Å². The summed E-state index contributed by atoms with van der Waals surface area (Å²) >= 11 is 1.55. The number of benzene rings is 1. The summed E-state index contributed by atoms with van der Waals surface area (Å²) in [7, 11) is 1.49. The highest BCUT2D eigenvalue weighted by atomic mass is 32.2. The lowest BCUT2D eigenvalue weighted by molar-refractivity contribution is -0.136. The molecule has 0 saturated carbocycles. The number of methoxy groups -OCH3 is 1. The van der Waals surface area contributed by atoms with E-state index >= 15 is 0 Å². The molecular weight excluding hydrogens is 278 g/mol. The monoisotopic (exact) mass is 297 g/mol. The summed E-state index contributed by atoms with van der Waals surface area (Å²) in [5, 5.41) is 11.3. The lowest BCUT2D eigenvalue weighted by atomic mass is 10.2. The van der Waals surface area contributed by atoms with Crippen molar-refractivity contribution in [2.75, 3.05) is 18.2 Å². The van der Waals surface area contributed by atoms with Crippen molar-refractivity contribution in [3.8, 4) is 0 Å². The summed E-state index contributed by atoms with van der Waals surface area (Å²) in [6.45, 7) is 1.68. The predicted octanol–water partition coefficient (Wildman–Crippen LogP) is 2.37. The second-order valence-electron chi connectivity index (χ2n) is 4.26. The fourth-order valence-electron chi connectivity index (χ4n) is 1.44. The first-order valence-electron chi connectivity index (χ1n) is 6.25. The Balaban J connectivity index is 2.49. The van der Waals surface area contributed by atoms with E-state index in [0.29, 0.717) is 5.75 Å². The number of ether oxygens (including phenoxy) is 1. The van der Waals surface area contributed by atoms with Crippen molar-refractivity contribution < 1.29 is 19.4 Å². The van der Waals surface area contributed by atoms with Crippen molar-refractivity contribution in [1.82, 2.24) is 0 Å². The number of thioether (sulfide) groups is 1. The van der Waals surface area contributed by atoms with Crippen molar-refractivity contribution in [2.24, 2.45) is 0 Å². The molecule has 0 aliphatic carbocycles. The van der Waals surface area contributed by atoms with Crippen LogP contribution in [0.4, 0.5) is 5.69 Å². The minimum absolute atomic E-state index is 0.159. The van der Waals surface area contributed by atoms with Crippen LogP contribution in [0, 0.1) is 0 Å². The molecule has 0 spiro atoms. The Morgan fingerprint density at radius 3 is 2.85 bits per heavy atom. The van der Waals surface area contributed by atoms with Crippen molar-refractivity contribution in [3.05, 3.63) is 29.8 Å². The zero-order valence-corrected chi connectivity index (χ0v) is 12.4. The van der Waals surface area contributed by atoms with Crippen LogP contribution in [0.3, 0.4) is 0 Å². The number of rotatable bonds is 8. The molecule has 1 rings (SSSR count). The molecule has 1 aromatic carbocycles. The van der Waals surface area contributed by atoms with Crippen LogP contribution in [0.5, 0.6) is 0 Å². The van der Waals surface area contributed by atoms with Gasteiger partial charge in [-0.15, -0.1) is 0 Å². The van der Waals surface area contributed by atoms with Gasteiger partial charge in [-0.1, -0.05) is 12.1 Å². The van der Waals surface area contributed by atoms with Gasteiger partial charge < -0.3 is 15.2 Å². The number of aliphatic carboxylic acids is 1. The number of anilines is 1. The molecule has 5 nitrogen and oxygen atoms in total. The van der Waals surface area contributed by atoms with Crippen molar-refractivity contribution >= 4 is 29.3 Å². The minimum atomic E-state index is -0.785. The van der Waals surface area contributed by atoms with Crippen LogP contribution in [-0.4, -0.2) is 35.9 Å². The van der Waals surface area contributed by atoms with Gasteiger partial charge in [-0.2, -0.15) is 11.8 Å². The van der Waals surface area contributed by atoms with Gasteiger partial charge in [0.2, 0.25) is 0 Å². The number of nitrogens with one attached hydrogen (secondary N) is 1. The molecule has 0 aliphatic rings. The third-order valence-electron chi connectivity index (χ3n) is 2.65. The largest absolute Gasteiger partial charge is 0.481 e. The highest BCUT2D eigenvalue weighted by Gasteiger charge is 2.11.